The summed E-state index contributed by atoms with van der Waals surface area (Å²) in [5.74, 6) is 0. The summed E-state index contributed by atoms with van der Waals surface area (Å²) in [6, 6.07) is 5.00. The average Bonchev–Trinajstić information content (AvgIpc) is 2.95. The molecule has 18 heavy (non-hydrogen) atoms. The molecular formula is C12H6F3NS2. The van der Waals surface area contributed by atoms with Crippen LogP contribution in [0.15, 0.2) is 35.2 Å². The van der Waals surface area contributed by atoms with E-state index in [0.717, 1.165) is 22.7 Å². The highest BCUT2D eigenvalue weighted by molar-refractivity contribution is 7.18. The first kappa shape index (κ1) is 11.7. The maximum Gasteiger partial charge on any atom is 0.417 e. The van der Waals surface area contributed by atoms with Crippen LogP contribution in [-0.4, -0.2) is 4.98 Å². The van der Waals surface area contributed by atoms with Gasteiger partial charge in [0, 0.05) is 22.0 Å². The van der Waals surface area contributed by atoms with E-state index in [0.29, 0.717) is 10.2 Å². The van der Waals surface area contributed by atoms with Crippen LogP contribution in [0.3, 0.4) is 0 Å². The molecule has 6 heteroatoms. The van der Waals surface area contributed by atoms with Crippen molar-refractivity contribution in [2.24, 2.45) is 0 Å². The first-order chi connectivity index (χ1) is 8.55. The van der Waals surface area contributed by atoms with E-state index in [9.17, 15) is 13.2 Å². The van der Waals surface area contributed by atoms with Crippen molar-refractivity contribution >= 4 is 32.9 Å². The maximum atomic E-state index is 12.6. The Balaban J connectivity index is 2.17. The molecule has 0 spiro atoms. The first-order valence-electron chi connectivity index (χ1n) is 5.04. The van der Waals surface area contributed by atoms with Crippen LogP contribution in [-0.2, 0) is 6.18 Å². The summed E-state index contributed by atoms with van der Waals surface area (Å²) in [6.07, 6.45) is -3.44. The molecule has 3 aromatic rings. The lowest BCUT2D eigenvalue weighted by molar-refractivity contribution is -0.137. The molecule has 0 aliphatic rings. The Morgan fingerprint density at radius 2 is 2.00 bits per heavy atom. The van der Waals surface area contributed by atoms with Crippen molar-refractivity contribution < 1.29 is 13.2 Å². The largest absolute Gasteiger partial charge is 0.417 e. The van der Waals surface area contributed by atoms with Crippen molar-refractivity contribution in [1.29, 1.82) is 0 Å². The van der Waals surface area contributed by atoms with E-state index < -0.39 is 11.7 Å². The van der Waals surface area contributed by atoms with E-state index in [1.807, 2.05) is 22.9 Å². The normalized spacial score (nSPS) is 12.2. The van der Waals surface area contributed by atoms with Crippen molar-refractivity contribution in [3.63, 3.8) is 0 Å². The minimum Gasteiger partial charge on any atom is -0.254 e. The highest BCUT2D eigenvalue weighted by Crippen LogP contribution is 2.37. The van der Waals surface area contributed by atoms with Gasteiger partial charge in [-0.3, -0.25) is 4.98 Å². The Hall–Kier alpha value is -1.40. The number of halogens is 3. The fraction of sp³-hybridized carbons (Fsp3) is 0.0833. The Morgan fingerprint density at radius 3 is 2.67 bits per heavy atom. The quantitative estimate of drug-likeness (QED) is 0.610. The molecule has 3 heterocycles. The highest BCUT2D eigenvalue weighted by Gasteiger charge is 2.31. The van der Waals surface area contributed by atoms with Gasteiger partial charge in [-0.15, -0.1) is 22.7 Å². The summed E-state index contributed by atoms with van der Waals surface area (Å²) in [6.45, 7) is 0. The summed E-state index contributed by atoms with van der Waals surface area (Å²) >= 11 is 2.84. The van der Waals surface area contributed by atoms with E-state index in [2.05, 4.69) is 4.98 Å². The van der Waals surface area contributed by atoms with Crippen molar-refractivity contribution in [1.82, 2.24) is 4.98 Å². The second kappa shape index (κ2) is 4.07. The lowest BCUT2D eigenvalue weighted by Gasteiger charge is -2.05. The molecule has 0 fully saturated rings. The summed E-state index contributed by atoms with van der Waals surface area (Å²) < 4.78 is 38.3. The summed E-state index contributed by atoms with van der Waals surface area (Å²) in [7, 11) is 0. The van der Waals surface area contributed by atoms with Crippen molar-refractivity contribution in [2.75, 3.05) is 0 Å². The third-order valence-corrected chi connectivity index (χ3v) is 4.35. The third kappa shape index (κ3) is 1.91. The number of aromatic nitrogens is 1. The summed E-state index contributed by atoms with van der Waals surface area (Å²) in [4.78, 5) is 4.98. The van der Waals surface area contributed by atoms with Crippen LogP contribution in [0.25, 0.3) is 20.7 Å². The molecule has 0 atom stereocenters. The molecule has 0 radical (unpaired) electrons. The number of hydrogen-bond acceptors (Lipinski definition) is 3. The summed E-state index contributed by atoms with van der Waals surface area (Å²) in [5, 5.41) is 3.78. The molecule has 0 aliphatic carbocycles. The second-order valence-corrected chi connectivity index (χ2v) is 5.55. The minimum atomic E-state index is -4.34. The van der Waals surface area contributed by atoms with Gasteiger partial charge in [0.2, 0.25) is 0 Å². The van der Waals surface area contributed by atoms with Gasteiger partial charge in [0.25, 0.3) is 0 Å². The molecule has 0 saturated heterocycles. The van der Waals surface area contributed by atoms with Crippen LogP contribution >= 0.6 is 22.7 Å². The van der Waals surface area contributed by atoms with Crippen LogP contribution in [0.5, 0.6) is 0 Å². The standard InChI is InChI=1S/C12H6F3NS2/c13-12(14,15)7-4-10-11(16-5-7)8(6-18-10)9-2-1-3-17-9/h1-6H. The lowest BCUT2D eigenvalue weighted by Crippen LogP contribution is -2.04. The van der Waals surface area contributed by atoms with Gasteiger partial charge in [-0.05, 0) is 17.5 Å². The molecule has 0 amide bonds. The van der Waals surface area contributed by atoms with Crippen LogP contribution < -0.4 is 0 Å². The zero-order valence-corrected chi connectivity index (χ0v) is 10.5. The zero-order chi connectivity index (χ0) is 12.8. The molecule has 0 aliphatic heterocycles. The van der Waals surface area contributed by atoms with Crippen molar-refractivity contribution in [3.8, 4) is 10.4 Å². The number of hydrogen-bond donors (Lipinski definition) is 0. The predicted molar refractivity (Wildman–Crippen MR) is 67.9 cm³/mol. The third-order valence-electron chi connectivity index (χ3n) is 2.53. The fourth-order valence-electron chi connectivity index (χ4n) is 1.68. The molecule has 1 nitrogen and oxygen atoms in total. The van der Waals surface area contributed by atoms with Gasteiger partial charge < -0.3 is 0 Å². The minimum absolute atomic E-state index is 0.563. The van der Waals surface area contributed by atoms with Crippen molar-refractivity contribution in [3.05, 3.63) is 40.7 Å². The molecule has 0 saturated carbocycles. The van der Waals surface area contributed by atoms with Crippen molar-refractivity contribution in [2.45, 2.75) is 6.18 Å². The van der Waals surface area contributed by atoms with Gasteiger partial charge in [-0.2, -0.15) is 13.2 Å². The van der Waals surface area contributed by atoms with Crippen LogP contribution in [0, 0.1) is 0 Å². The SMILES string of the molecule is FC(F)(F)c1cnc2c(-c3cccs3)csc2c1. The molecule has 0 bridgehead atoms. The van der Waals surface area contributed by atoms with Crippen LogP contribution in [0.4, 0.5) is 13.2 Å². The maximum absolute atomic E-state index is 12.6. The number of fused-ring (bicyclic) bond motifs is 1. The van der Waals surface area contributed by atoms with E-state index in [1.165, 1.54) is 11.3 Å². The highest BCUT2D eigenvalue weighted by atomic mass is 32.1. The number of alkyl halides is 3. The molecule has 0 aromatic carbocycles. The topological polar surface area (TPSA) is 12.9 Å². The number of rotatable bonds is 1. The van der Waals surface area contributed by atoms with Crippen LogP contribution in [0.1, 0.15) is 5.56 Å². The van der Waals surface area contributed by atoms with Gasteiger partial charge in [0.05, 0.1) is 15.8 Å². The fourth-order valence-corrected chi connectivity index (χ4v) is 3.45. The van der Waals surface area contributed by atoms with Crippen LogP contribution in [0.2, 0.25) is 0 Å². The Kier molecular flexibility index (Phi) is 2.64. The predicted octanol–water partition coefficient (Wildman–Crippen LogP) is 5.04. The van der Waals surface area contributed by atoms with E-state index in [4.69, 9.17) is 0 Å². The molecule has 0 unspecified atom stereocenters. The summed E-state index contributed by atoms with van der Waals surface area (Å²) in [5.41, 5.74) is 0.837. The van der Waals surface area contributed by atoms with Gasteiger partial charge in [-0.25, -0.2) is 0 Å². The first-order valence-corrected chi connectivity index (χ1v) is 6.80. The van der Waals surface area contributed by atoms with E-state index >= 15 is 0 Å². The van der Waals surface area contributed by atoms with Gasteiger partial charge in [0.1, 0.15) is 0 Å². The molecule has 92 valence electrons. The van der Waals surface area contributed by atoms with Gasteiger partial charge >= 0.3 is 6.18 Å². The smallest absolute Gasteiger partial charge is 0.254 e. The lowest BCUT2D eigenvalue weighted by atomic mass is 10.2. The Bertz CT molecular complexity index is 683. The molecule has 3 rings (SSSR count). The Morgan fingerprint density at radius 1 is 1.17 bits per heavy atom. The number of nitrogens with zero attached hydrogens (tertiary/aromatic N) is 1. The van der Waals surface area contributed by atoms with Gasteiger partial charge in [-0.1, -0.05) is 6.07 Å². The molecule has 0 N–H and O–H groups in total. The van der Waals surface area contributed by atoms with E-state index in [1.54, 1.807) is 11.3 Å². The average molecular weight is 285 g/mol. The Labute approximate surface area is 109 Å². The number of thiophene rings is 2. The monoisotopic (exact) mass is 285 g/mol. The zero-order valence-electron chi connectivity index (χ0n) is 8.86. The van der Waals surface area contributed by atoms with Gasteiger partial charge in [0.15, 0.2) is 0 Å². The molecular weight excluding hydrogens is 279 g/mol. The van der Waals surface area contributed by atoms with E-state index in [-0.39, 0.29) is 0 Å². The number of pyridine rings is 1. The second-order valence-electron chi connectivity index (χ2n) is 3.70. The molecule has 3 aromatic heterocycles.